The smallest absolute Gasteiger partial charge is 0.253 e. The molecule has 1 saturated carbocycles. The maximum Gasteiger partial charge on any atom is 0.253 e. The first-order chi connectivity index (χ1) is 17.8. The van der Waals surface area contributed by atoms with E-state index >= 15 is 0 Å². The average molecular weight is 506 g/mol. The minimum atomic E-state index is -0.110. The molecule has 1 atom stereocenters. The van der Waals surface area contributed by atoms with Crippen LogP contribution in [0.3, 0.4) is 0 Å². The topological polar surface area (TPSA) is 61.9 Å². The van der Waals surface area contributed by atoms with E-state index in [1.807, 2.05) is 41.3 Å². The van der Waals surface area contributed by atoms with Crippen LogP contribution in [0.15, 0.2) is 48.5 Å². The van der Waals surface area contributed by atoms with E-state index in [1.165, 1.54) is 24.0 Å². The zero-order chi connectivity index (χ0) is 26.4. The highest BCUT2D eigenvalue weighted by molar-refractivity contribution is 5.94. The summed E-state index contributed by atoms with van der Waals surface area (Å²) in [6.45, 7) is 9.94. The zero-order valence-electron chi connectivity index (χ0n) is 23.0. The zero-order valence-corrected chi connectivity index (χ0v) is 23.0. The van der Waals surface area contributed by atoms with E-state index in [4.69, 9.17) is 4.74 Å². The number of piperazine rings is 1. The predicted octanol–water partition coefficient (Wildman–Crippen LogP) is 4.67. The number of amides is 2. The number of hydrogen-bond acceptors (Lipinski definition) is 4. The second-order valence-electron chi connectivity index (χ2n) is 11.5. The molecule has 0 bridgehead atoms. The third-order valence-corrected chi connectivity index (χ3v) is 7.98. The lowest BCUT2D eigenvalue weighted by atomic mass is 9.86. The third kappa shape index (κ3) is 6.92. The predicted molar refractivity (Wildman–Crippen MR) is 148 cm³/mol. The second-order valence-corrected chi connectivity index (χ2v) is 11.5. The first-order valence-electron chi connectivity index (χ1n) is 13.8. The molecule has 2 aromatic rings. The number of nitrogens with one attached hydrogen (secondary N) is 1. The van der Waals surface area contributed by atoms with Gasteiger partial charge in [0.05, 0.1) is 13.2 Å². The van der Waals surface area contributed by atoms with Crippen molar-refractivity contribution in [2.75, 3.05) is 39.8 Å². The molecule has 1 aliphatic heterocycles. The fraction of sp³-hybridized carbons (Fsp3) is 0.548. The Balaban J connectivity index is 1.33. The fourth-order valence-corrected chi connectivity index (χ4v) is 5.68. The quantitative estimate of drug-likeness (QED) is 0.567. The van der Waals surface area contributed by atoms with Crippen LogP contribution in [0.2, 0.25) is 0 Å². The maximum atomic E-state index is 13.4. The summed E-state index contributed by atoms with van der Waals surface area (Å²) in [7, 11) is 1.67. The number of methoxy groups -OCH3 is 1. The molecule has 4 rings (SSSR count). The Morgan fingerprint density at radius 3 is 2.14 bits per heavy atom. The molecule has 0 radical (unpaired) electrons. The van der Waals surface area contributed by atoms with E-state index in [-0.39, 0.29) is 23.3 Å². The molecule has 2 fully saturated rings. The molecule has 0 spiro atoms. The van der Waals surface area contributed by atoms with E-state index in [9.17, 15) is 9.59 Å². The van der Waals surface area contributed by atoms with Crippen molar-refractivity contribution in [3.05, 3.63) is 65.2 Å². The fourth-order valence-electron chi connectivity index (χ4n) is 5.68. The van der Waals surface area contributed by atoms with Crippen LogP contribution < -0.4 is 10.1 Å². The van der Waals surface area contributed by atoms with E-state index in [0.29, 0.717) is 25.6 Å². The van der Waals surface area contributed by atoms with Crippen molar-refractivity contribution in [1.82, 2.24) is 15.1 Å². The van der Waals surface area contributed by atoms with E-state index in [2.05, 4.69) is 43.1 Å². The molecule has 1 heterocycles. The summed E-state index contributed by atoms with van der Waals surface area (Å²) in [5.74, 6) is 1.46. The van der Waals surface area contributed by atoms with Crippen LogP contribution in [-0.4, -0.2) is 67.5 Å². The number of nitrogens with zero attached hydrogens (tertiary/aromatic N) is 2. The Kier molecular flexibility index (Phi) is 8.91. The van der Waals surface area contributed by atoms with Gasteiger partial charge >= 0.3 is 0 Å². The highest BCUT2D eigenvalue weighted by Crippen LogP contribution is 2.31. The molecule has 37 heavy (non-hydrogen) atoms. The van der Waals surface area contributed by atoms with Gasteiger partial charge in [0.25, 0.3) is 5.91 Å². The Morgan fingerprint density at radius 2 is 1.57 bits per heavy atom. The molecular formula is C31H43N3O3. The van der Waals surface area contributed by atoms with Crippen LogP contribution in [-0.2, 0) is 16.6 Å². The minimum absolute atomic E-state index is 0.0671. The van der Waals surface area contributed by atoms with Gasteiger partial charge in [0, 0.05) is 38.3 Å². The van der Waals surface area contributed by atoms with Crippen molar-refractivity contribution < 1.29 is 14.3 Å². The van der Waals surface area contributed by atoms with Crippen LogP contribution in [0.4, 0.5) is 0 Å². The van der Waals surface area contributed by atoms with Crippen LogP contribution in [0, 0.1) is 5.92 Å². The highest BCUT2D eigenvalue weighted by Gasteiger charge is 2.37. The van der Waals surface area contributed by atoms with Crippen LogP contribution in [0.1, 0.15) is 67.9 Å². The molecule has 6 heteroatoms. The largest absolute Gasteiger partial charge is 0.497 e. The van der Waals surface area contributed by atoms with Gasteiger partial charge in [-0.3, -0.25) is 14.5 Å². The van der Waals surface area contributed by atoms with Crippen molar-refractivity contribution in [3.8, 4) is 5.75 Å². The lowest BCUT2D eigenvalue weighted by Crippen LogP contribution is -2.58. The summed E-state index contributed by atoms with van der Waals surface area (Å²) >= 11 is 0. The number of carbonyl (C=O) groups is 2. The molecule has 1 unspecified atom stereocenters. The van der Waals surface area contributed by atoms with Gasteiger partial charge < -0.3 is 15.0 Å². The number of hydrogen-bond donors (Lipinski definition) is 1. The Morgan fingerprint density at radius 1 is 0.946 bits per heavy atom. The van der Waals surface area contributed by atoms with Gasteiger partial charge in [-0.05, 0) is 66.0 Å². The second kappa shape index (κ2) is 12.1. The van der Waals surface area contributed by atoms with Crippen LogP contribution >= 0.6 is 0 Å². The van der Waals surface area contributed by atoms with E-state index < -0.39 is 0 Å². The molecule has 2 aliphatic rings. The number of rotatable bonds is 8. The standard InChI is InChI=1S/C31H43N3O3/c1-31(2,3)26-13-11-25(12-14-26)30(36)34-21-19-33(20-22-34)28(24-7-5-6-8-24)29(35)32-18-17-23-9-15-27(37-4)16-10-23/h9-16,24,28H,5-8,17-22H2,1-4H3,(H,32,35). The summed E-state index contributed by atoms with van der Waals surface area (Å²) in [6.07, 6.45) is 5.40. The molecule has 200 valence electrons. The molecule has 6 nitrogen and oxygen atoms in total. The minimum Gasteiger partial charge on any atom is -0.497 e. The molecule has 1 saturated heterocycles. The van der Waals surface area contributed by atoms with E-state index in [1.54, 1.807) is 7.11 Å². The summed E-state index contributed by atoms with van der Waals surface area (Å²) in [5.41, 5.74) is 3.22. The molecule has 2 amide bonds. The Labute approximate surface area is 222 Å². The molecule has 1 aliphatic carbocycles. The van der Waals surface area contributed by atoms with Crippen LogP contribution in [0.5, 0.6) is 5.75 Å². The Hall–Kier alpha value is -2.86. The van der Waals surface area contributed by atoms with Crippen molar-refractivity contribution in [1.29, 1.82) is 0 Å². The number of ether oxygens (including phenoxy) is 1. The van der Waals surface area contributed by atoms with Crippen molar-refractivity contribution in [2.24, 2.45) is 5.92 Å². The van der Waals surface area contributed by atoms with Gasteiger partial charge in [-0.1, -0.05) is 57.9 Å². The molecule has 0 aromatic heterocycles. The Bertz CT molecular complexity index is 1030. The van der Waals surface area contributed by atoms with Gasteiger partial charge in [0.2, 0.25) is 5.91 Å². The van der Waals surface area contributed by atoms with Crippen molar-refractivity contribution in [2.45, 2.75) is 64.3 Å². The first-order valence-corrected chi connectivity index (χ1v) is 13.8. The molecule has 2 aromatic carbocycles. The van der Waals surface area contributed by atoms with Crippen molar-refractivity contribution >= 4 is 11.8 Å². The lowest BCUT2D eigenvalue weighted by Gasteiger charge is -2.40. The maximum absolute atomic E-state index is 13.4. The normalized spacial score (nSPS) is 18.0. The van der Waals surface area contributed by atoms with Gasteiger partial charge in [0.1, 0.15) is 5.75 Å². The molecule has 1 N–H and O–H groups in total. The van der Waals surface area contributed by atoms with Gasteiger partial charge in [-0.2, -0.15) is 0 Å². The summed E-state index contributed by atoms with van der Waals surface area (Å²) in [6, 6.07) is 15.9. The monoisotopic (exact) mass is 505 g/mol. The number of benzene rings is 2. The SMILES string of the molecule is COc1ccc(CCNC(=O)C(C2CCCC2)N2CCN(C(=O)c3ccc(C(C)(C)C)cc3)CC2)cc1. The number of carbonyl (C=O) groups excluding carboxylic acids is 2. The van der Waals surface area contributed by atoms with E-state index in [0.717, 1.165) is 43.7 Å². The van der Waals surface area contributed by atoms with Gasteiger partial charge in [0.15, 0.2) is 0 Å². The molecular weight excluding hydrogens is 462 g/mol. The van der Waals surface area contributed by atoms with Gasteiger partial charge in [-0.25, -0.2) is 0 Å². The summed E-state index contributed by atoms with van der Waals surface area (Å²) < 4.78 is 5.23. The van der Waals surface area contributed by atoms with Crippen LogP contribution in [0.25, 0.3) is 0 Å². The van der Waals surface area contributed by atoms with Crippen molar-refractivity contribution in [3.63, 3.8) is 0 Å². The summed E-state index contributed by atoms with van der Waals surface area (Å²) in [4.78, 5) is 30.8. The van der Waals surface area contributed by atoms with Gasteiger partial charge in [-0.15, -0.1) is 0 Å². The average Bonchev–Trinajstić information content (AvgIpc) is 3.43. The third-order valence-electron chi connectivity index (χ3n) is 7.98. The highest BCUT2D eigenvalue weighted by atomic mass is 16.5. The first kappa shape index (κ1) is 27.2. The summed E-state index contributed by atoms with van der Waals surface area (Å²) in [5, 5.41) is 3.22. The lowest BCUT2D eigenvalue weighted by molar-refractivity contribution is -0.129.